The Morgan fingerprint density at radius 3 is 1.69 bits per heavy atom. The van der Waals surface area contributed by atoms with Gasteiger partial charge in [-0.15, -0.1) is 0 Å². The fourth-order valence-electron chi connectivity index (χ4n) is 5.85. The van der Waals surface area contributed by atoms with E-state index >= 15 is 0 Å². The topological polar surface area (TPSA) is 119 Å². The SMILES string of the molecule is CC/C=C\C/C=C\C(/C=C\CCCCCC(=O)NC(CCCN)C(=O)O)OC(=O)CCCCCCCCCCC/C=C\C/C=C\CCCCCCC. The lowest BCUT2D eigenvalue weighted by Crippen LogP contribution is -2.40. The fraction of sp³-hybridized carbons (Fsp3) is 0.711. The van der Waals surface area contributed by atoms with E-state index in [1.54, 1.807) is 0 Å². The van der Waals surface area contributed by atoms with Crippen LogP contribution in [0.3, 0.4) is 0 Å². The molecule has 0 aliphatic heterocycles. The molecule has 0 saturated heterocycles. The van der Waals surface area contributed by atoms with Gasteiger partial charge in [0.25, 0.3) is 0 Å². The molecule has 2 atom stereocenters. The van der Waals surface area contributed by atoms with Crippen molar-refractivity contribution < 1.29 is 24.2 Å². The third-order valence-electron chi connectivity index (χ3n) is 9.03. The van der Waals surface area contributed by atoms with Crippen molar-refractivity contribution in [3.8, 4) is 0 Å². The van der Waals surface area contributed by atoms with Crippen molar-refractivity contribution in [1.29, 1.82) is 0 Å². The summed E-state index contributed by atoms with van der Waals surface area (Å²) in [5.41, 5.74) is 5.46. The first kappa shape index (κ1) is 49.1. The van der Waals surface area contributed by atoms with Crippen LogP contribution < -0.4 is 11.1 Å². The number of carbonyl (C=O) groups is 3. The summed E-state index contributed by atoms with van der Waals surface area (Å²) in [5, 5.41) is 11.9. The first-order valence-corrected chi connectivity index (χ1v) is 21.1. The third-order valence-corrected chi connectivity index (χ3v) is 9.03. The van der Waals surface area contributed by atoms with E-state index in [0.717, 1.165) is 51.4 Å². The quantitative estimate of drug-likeness (QED) is 0.0333. The van der Waals surface area contributed by atoms with Crippen molar-refractivity contribution >= 4 is 17.8 Å². The minimum absolute atomic E-state index is 0.150. The third kappa shape index (κ3) is 35.5. The predicted molar refractivity (Wildman–Crippen MR) is 220 cm³/mol. The summed E-state index contributed by atoms with van der Waals surface area (Å²) in [6.45, 7) is 4.77. The highest BCUT2D eigenvalue weighted by atomic mass is 16.5. The Balaban J connectivity index is 4.10. The maximum absolute atomic E-state index is 12.6. The van der Waals surface area contributed by atoms with Gasteiger partial charge in [-0.2, -0.15) is 0 Å². The molecule has 0 aromatic carbocycles. The number of allylic oxidation sites excluding steroid dienone is 8. The molecular weight excluding hydrogens is 649 g/mol. The molecule has 0 aliphatic carbocycles. The van der Waals surface area contributed by atoms with E-state index in [1.807, 2.05) is 24.3 Å². The van der Waals surface area contributed by atoms with Crippen LogP contribution in [0.4, 0.5) is 0 Å². The van der Waals surface area contributed by atoms with Gasteiger partial charge in [-0.25, -0.2) is 4.79 Å². The van der Waals surface area contributed by atoms with Crippen molar-refractivity contribution in [2.45, 2.75) is 199 Å². The van der Waals surface area contributed by atoms with Gasteiger partial charge in [0.1, 0.15) is 12.1 Å². The van der Waals surface area contributed by atoms with Crippen molar-refractivity contribution in [3.63, 3.8) is 0 Å². The highest BCUT2D eigenvalue weighted by Crippen LogP contribution is 2.13. The highest BCUT2D eigenvalue weighted by Gasteiger charge is 2.18. The second-order valence-electron chi connectivity index (χ2n) is 14.0. The number of nitrogens with one attached hydrogen (secondary N) is 1. The number of carbonyl (C=O) groups excluding carboxylic acids is 2. The largest absolute Gasteiger partial charge is 0.480 e. The Bertz CT molecular complexity index is 1000. The molecule has 0 heterocycles. The first-order valence-electron chi connectivity index (χ1n) is 21.1. The minimum Gasteiger partial charge on any atom is -0.480 e. The normalized spacial score (nSPS) is 13.3. The zero-order chi connectivity index (χ0) is 38.2. The molecule has 52 heavy (non-hydrogen) atoms. The van der Waals surface area contributed by atoms with Gasteiger partial charge in [-0.05, 0) is 102 Å². The molecule has 0 bridgehead atoms. The Morgan fingerprint density at radius 1 is 0.596 bits per heavy atom. The van der Waals surface area contributed by atoms with Crippen LogP contribution in [-0.2, 0) is 19.1 Å². The van der Waals surface area contributed by atoms with E-state index in [-0.39, 0.29) is 18.0 Å². The van der Waals surface area contributed by atoms with E-state index < -0.39 is 12.0 Å². The number of amides is 1. The molecule has 7 heteroatoms. The summed E-state index contributed by atoms with van der Waals surface area (Å²) in [7, 11) is 0. The molecule has 4 N–H and O–H groups in total. The number of carboxylic acids is 1. The number of unbranched alkanes of at least 4 members (excludes halogenated alkanes) is 17. The maximum atomic E-state index is 12.6. The van der Waals surface area contributed by atoms with Crippen LogP contribution in [0, 0.1) is 0 Å². The van der Waals surface area contributed by atoms with E-state index in [0.29, 0.717) is 38.6 Å². The van der Waals surface area contributed by atoms with E-state index in [1.165, 1.54) is 89.9 Å². The van der Waals surface area contributed by atoms with Gasteiger partial charge < -0.3 is 20.9 Å². The number of ether oxygens (including phenoxy) is 1. The van der Waals surface area contributed by atoms with Gasteiger partial charge in [-0.1, -0.05) is 140 Å². The Morgan fingerprint density at radius 2 is 1.10 bits per heavy atom. The summed E-state index contributed by atoms with van der Waals surface area (Å²) >= 11 is 0. The standard InChI is InChI=1S/C45H78N2O5/c1-3-5-7-9-10-11-12-13-14-15-16-17-18-19-20-21-22-23-24-29-33-39-44(49)52-41(35-30-26-8-6-4-2)36-31-27-25-28-32-38-43(48)47-42(45(50)51)37-34-40-46/h6,8,12-13,15-16,30-31,35-36,41-42H,3-5,7,9-11,14,17-29,32-34,37-40,46H2,1-2H3,(H,47,48)(H,50,51)/b8-6-,13-12-,16-15-,35-30-,36-31-. The van der Waals surface area contributed by atoms with Crippen LogP contribution in [0.25, 0.3) is 0 Å². The zero-order valence-electron chi connectivity index (χ0n) is 33.4. The average Bonchev–Trinajstić information content (AvgIpc) is 3.13. The minimum atomic E-state index is -1.02. The number of carboxylic acid groups (broad SMARTS) is 1. The molecule has 0 rings (SSSR count). The predicted octanol–water partition coefficient (Wildman–Crippen LogP) is 11.8. The van der Waals surface area contributed by atoms with E-state index in [9.17, 15) is 19.5 Å². The fourth-order valence-corrected chi connectivity index (χ4v) is 5.85. The number of aliphatic carboxylic acids is 1. The molecule has 0 radical (unpaired) electrons. The average molecular weight is 727 g/mol. The van der Waals surface area contributed by atoms with E-state index in [2.05, 4.69) is 55.6 Å². The number of hydrogen-bond acceptors (Lipinski definition) is 5. The molecule has 0 aromatic rings. The lowest BCUT2D eigenvalue weighted by molar-refractivity contribution is -0.145. The summed E-state index contributed by atoms with van der Waals surface area (Å²) in [6.07, 6.45) is 49.0. The van der Waals surface area contributed by atoms with Crippen molar-refractivity contribution in [2.24, 2.45) is 5.73 Å². The van der Waals surface area contributed by atoms with Gasteiger partial charge in [0.15, 0.2) is 0 Å². The van der Waals surface area contributed by atoms with Crippen molar-refractivity contribution in [3.05, 3.63) is 60.8 Å². The lowest BCUT2D eigenvalue weighted by atomic mass is 10.1. The second-order valence-corrected chi connectivity index (χ2v) is 14.0. The molecule has 0 fully saturated rings. The van der Waals surface area contributed by atoms with Gasteiger partial charge in [0, 0.05) is 12.8 Å². The molecule has 1 amide bonds. The maximum Gasteiger partial charge on any atom is 0.326 e. The van der Waals surface area contributed by atoms with Crippen LogP contribution in [0.15, 0.2) is 60.8 Å². The van der Waals surface area contributed by atoms with Crippen LogP contribution >= 0.6 is 0 Å². The monoisotopic (exact) mass is 727 g/mol. The van der Waals surface area contributed by atoms with Gasteiger partial charge in [0.2, 0.25) is 5.91 Å². The Kier molecular flexibility index (Phi) is 37.1. The lowest BCUT2D eigenvalue weighted by Gasteiger charge is -2.13. The number of esters is 1. The number of rotatable bonds is 37. The van der Waals surface area contributed by atoms with Crippen LogP contribution in [0.5, 0.6) is 0 Å². The molecule has 298 valence electrons. The smallest absolute Gasteiger partial charge is 0.326 e. The molecule has 7 nitrogen and oxygen atoms in total. The summed E-state index contributed by atoms with van der Waals surface area (Å²) in [4.78, 5) is 36.1. The second kappa shape index (κ2) is 39.3. The molecule has 0 aliphatic rings. The van der Waals surface area contributed by atoms with Crippen LogP contribution in [0.2, 0.25) is 0 Å². The van der Waals surface area contributed by atoms with Crippen molar-refractivity contribution in [2.75, 3.05) is 6.54 Å². The zero-order valence-corrected chi connectivity index (χ0v) is 33.4. The van der Waals surface area contributed by atoms with Gasteiger partial charge in [0.05, 0.1) is 0 Å². The van der Waals surface area contributed by atoms with Crippen molar-refractivity contribution in [1.82, 2.24) is 5.32 Å². The Labute approximate surface area is 319 Å². The van der Waals surface area contributed by atoms with E-state index in [4.69, 9.17) is 10.5 Å². The summed E-state index contributed by atoms with van der Waals surface area (Å²) in [5.74, 6) is -1.41. The molecule has 0 aromatic heterocycles. The molecule has 0 spiro atoms. The molecular formula is C45H78N2O5. The number of nitrogens with two attached hydrogens (primary N) is 1. The first-order chi connectivity index (χ1) is 25.4. The molecule has 0 saturated carbocycles. The Hall–Kier alpha value is -2.93. The van der Waals surface area contributed by atoms with Gasteiger partial charge in [-0.3, -0.25) is 9.59 Å². The van der Waals surface area contributed by atoms with Crippen LogP contribution in [-0.4, -0.2) is 41.6 Å². The highest BCUT2D eigenvalue weighted by molar-refractivity contribution is 5.83. The van der Waals surface area contributed by atoms with Crippen LogP contribution in [0.1, 0.15) is 187 Å². The summed E-state index contributed by atoms with van der Waals surface area (Å²) in [6, 6.07) is -0.875. The molecule has 2 unspecified atom stereocenters. The van der Waals surface area contributed by atoms with Gasteiger partial charge >= 0.3 is 11.9 Å². The number of hydrogen-bond donors (Lipinski definition) is 3. The summed E-state index contributed by atoms with van der Waals surface area (Å²) < 4.78 is 5.79.